The highest BCUT2D eigenvalue weighted by Crippen LogP contribution is 2.26. The van der Waals surface area contributed by atoms with Crippen molar-refractivity contribution in [3.8, 4) is 0 Å². The number of rotatable bonds is 1. The molecule has 0 saturated carbocycles. The Hall–Kier alpha value is -0.740. The summed E-state index contributed by atoms with van der Waals surface area (Å²) in [6.07, 6.45) is 0.766. The lowest BCUT2D eigenvalue weighted by Gasteiger charge is -2.28. The van der Waals surface area contributed by atoms with Crippen molar-refractivity contribution in [2.45, 2.75) is 12.5 Å². The molecule has 1 aliphatic heterocycles. The summed E-state index contributed by atoms with van der Waals surface area (Å²) in [6.45, 7) is 0.795. The third-order valence-corrected chi connectivity index (χ3v) is 2.24. The highest BCUT2D eigenvalue weighted by atomic mass is 35.5. The van der Waals surface area contributed by atoms with Crippen molar-refractivity contribution >= 4 is 12.4 Å². The summed E-state index contributed by atoms with van der Waals surface area (Å²) in [5.41, 5.74) is 0.213. The molecule has 1 saturated heterocycles. The zero-order valence-electron chi connectivity index (χ0n) is 7.19. The first kappa shape index (κ1) is 11.3. The molecule has 0 bridgehead atoms. The molecule has 1 nitrogen and oxygen atoms in total. The van der Waals surface area contributed by atoms with Crippen LogP contribution in [0.25, 0.3) is 0 Å². The van der Waals surface area contributed by atoms with Crippen LogP contribution in [0.1, 0.15) is 18.0 Å². The van der Waals surface area contributed by atoms with Crippen LogP contribution in [-0.2, 0) is 0 Å². The molecule has 1 aromatic rings. The Morgan fingerprint density at radius 2 is 1.64 bits per heavy atom. The van der Waals surface area contributed by atoms with Crippen LogP contribution in [0.3, 0.4) is 0 Å². The summed E-state index contributed by atoms with van der Waals surface area (Å²) in [6, 6.07) is 1.35. The van der Waals surface area contributed by atoms with E-state index in [0.717, 1.165) is 19.0 Å². The summed E-state index contributed by atoms with van der Waals surface area (Å²) in [5.74, 6) is -2.82. The molecule has 5 heteroatoms. The van der Waals surface area contributed by atoms with E-state index in [4.69, 9.17) is 0 Å². The van der Waals surface area contributed by atoms with Gasteiger partial charge in [-0.25, -0.2) is 13.2 Å². The Balaban J connectivity index is 0.000000980. The van der Waals surface area contributed by atoms with Crippen LogP contribution in [0, 0.1) is 17.5 Å². The number of hydrogen-bond acceptors (Lipinski definition) is 1. The van der Waals surface area contributed by atoms with Gasteiger partial charge in [-0.1, -0.05) is 0 Å². The van der Waals surface area contributed by atoms with E-state index in [2.05, 4.69) is 5.32 Å². The topological polar surface area (TPSA) is 12.0 Å². The average Bonchev–Trinajstić information content (AvgIpc) is 1.96. The fraction of sp³-hybridized carbons (Fsp3) is 0.333. The Labute approximate surface area is 85.7 Å². The summed E-state index contributed by atoms with van der Waals surface area (Å²) < 4.78 is 38.3. The Bertz CT molecular complexity index is 339. The minimum Gasteiger partial charge on any atom is -0.310 e. The van der Waals surface area contributed by atoms with Gasteiger partial charge in [0.2, 0.25) is 0 Å². The molecule has 2 rings (SSSR count). The molecule has 0 radical (unpaired) electrons. The minimum absolute atomic E-state index is 0. The maximum Gasteiger partial charge on any atom is 0.161 e. The van der Waals surface area contributed by atoms with Gasteiger partial charge in [-0.2, -0.15) is 0 Å². The van der Waals surface area contributed by atoms with Crippen molar-refractivity contribution in [2.24, 2.45) is 0 Å². The van der Waals surface area contributed by atoms with Crippen molar-refractivity contribution < 1.29 is 13.2 Å². The smallest absolute Gasteiger partial charge is 0.161 e. The van der Waals surface area contributed by atoms with E-state index < -0.39 is 17.5 Å². The van der Waals surface area contributed by atoms with Crippen molar-refractivity contribution in [1.82, 2.24) is 5.32 Å². The lowest BCUT2D eigenvalue weighted by molar-refractivity contribution is 0.365. The van der Waals surface area contributed by atoms with Gasteiger partial charge in [0, 0.05) is 17.7 Å². The van der Waals surface area contributed by atoms with Crippen molar-refractivity contribution in [3.05, 3.63) is 35.1 Å². The molecule has 14 heavy (non-hydrogen) atoms. The van der Waals surface area contributed by atoms with Crippen LogP contribution in [0.5, 0.6) is 0 Å². The molecular weight excluding hydrogens is 215 g/mol. The summed E-state index contributed by atoms with van der Waals surface area (Å²) in [7, 11) is 0. The molecule has 1 atom stereocenters. The monoisotopic (exact) mass is 223 g/mol. The Morgan fingerprint density at radius 3 is 2.14 bits per heavy atom. The van der Waals surface area contributed by atoms with Gasteiger partial charge in [-0.3, -0.25) is 0 Å². The summed E-state index contributed by atoms with van der Waals surface area (Å²) >= 11 is 0. The fourth-order valence-electron chi connectivity index (χ4n) is 1.36. The normalized spacial score (nSPS) is 19.8. The number of halogens is 4. The molecule has 0 aromatic heterocycles. The van der Waals surface area contributed by atoms with Crippen molar-refractivity contribution in [3.63, 3.8) is 0 Å². The van der Waals surface area contributed by atoms with E-state index in [1.165, 1.54) is 0 Å². The summed E-state index contributed by atoms with van der Waals surface area (Å²) in [4.78, 5) is 0. The minimum atomic E-state index is -1.14. The zero-order valence-corrected chi connectivity index (χ0v) is 8.00. The largest absolute Gasteiger partial charge is 0.310 e. The lowest BCUT2D eigenvalue weighted by atomic mass is 9.97. The van der Waals surface area contributed by atoms with Gasteiger partial charge in [0.25, 0.3) is 0 Å². The van der Waals surface area contributed by atoms with Gasteiger partial charge in [-0.05, 0) is 19.0 Å². The third kappa shape index (κ3) is 1.86. The van der Waals surface area contributed by atoms with E-state index in [0.29, 0.717) is 6.07 Å². The number of hydrogen-bond donors (Lipinski definition) is 1. The predicted octanol–water partition coefficient (Wildman–Crippen LogP) is 2.56. The second-order valence-corrected chi connectivity index (χ2v) is 3.08. The molecule has 0 aliphatic carbocycles. The Kier molecular flexibility index (Phi) is 3.39. The number of benzene rings is 1. The Morgan fingerprint density at radius 1 is 1.07 bits per heavy atom. The van der Waals surface area contributed by atoms with Crippen molar-refractivity contribution in [2.75, 3.05) is 6.54 Å². The predicted molar refractivity (Wildman–Crippen MR) is 48.9 cm³/mol. The second-order valence-electron chi connectivity index (χ2n) is 3.08. The zero-order chi connectivity index (χ0) is 9.42. The van der Waals surface area contributed by atoms with Gasteiger partial charge < -0.3 is 5.32 Å². The molecular formula is C9H9ClF3N. The third-order valence-electron chi connectivity index (χ3n) is 2.24. The van der Waals surface area contributed by atoms with E-state index in [9.17, 15) is 13.2 Å². The first-order chi connectivity index (χ1) is 6.18. The quantitative estimate of drug-likeness (QED) is 0.722. The van der Waals surface area contributed by atoms with E-state index in [-0.39, 0.29) is 24.0 Å². The molecule has 1 aliphatic rings. The first-order valence-corrected chi connectivity index (χ1v) is 4.06. The summed E-state index contributed by atoms with van der Waals surface area (Å²) in [5, 5.41) is 2.92. The molecule has 0 spiro atoms. The van der Waals surface area contributed by atoms with Gasteiger partial charge in [0.15, 0.2) is 11.6 Å². The fourth-order valence-corrected chi connectivity index (χ4v) is 1.36. The highest BCUT2D eigenvalue weighted by molar-refractivity contribution is 5.85. The van der Waals surface area contributed by atoms with Gasteiger partial charge in [-0.15, -0.1) is 12.4 Å². The van der Waals surface area contributed by atoms with Crippen LogP contribution >= 0.6 is 12.4 Å². The van der Waals surface area contributed by atoms with Gasteiger partial charge in [0.1, 0.15) is 5.82 Å². The maximum absolute atomic E-state index is 13.1. The second kappa shape index (κ2) is 4.19. The molecule has 0 unspecified atom stereocenters. The molecule has 1 fully saturated rings. The van der Waals surface area contributed by atoms with Crippen molar-refractivity contribution in [1.29, 1.82) is 0 Å². The van der Waals surface area contributed by atoms with E-state index in [1.54, 1.807) is 0 Å². The standard InChI is InChI=1S/C9H8F3N.ClH/c10-6-4-8(12)7(11)3-5(6)9-1-2-13-9;/h3-4,9,13H,1-2H2;1H/t9-;/m1./s1. The molecule has 1 aromatic carbocycles. The van der Waals surface area contributed by atoms with Crippen LogP contribution in [0.2, 0.25) is 0 Å². The number of nitrogens with one attached hydrogen (secondary N) is 1. The average molecular weight is 224 g/mol. The van der Waals surface area contributed by atoms with Crippen LogP contribution in [0.15, 0.2) is 12.1 Å². The van der Waals surface area contributed by atoms with Gasteiger partial charge in [0.05, 0.1) is 0 Å². The first-order valence-electron chi connectivity index (χ1n) is 4.06. The molecule has 1 N–H and O–H groups in total. The van der Waals surface area contributed by atoms with E-state index >= 15 is 0 Å². The van der Waals surface area contributed by atoms with Crippen LogP contribution in [-0.4, -0.2) is 6.54 Å². The van der Waals surface area contributed by atoms with Gasteiger partial charge >= 0.3 is 0 Å². The molecule has 1 heterocycles. The van der Waals surface area contributed by atoms with Crippen LogP contribution in [0.4, 0.5) is 13.2 Å². The maximum atomic E-state index is 13.1. The van der Waals surface area contributed by atoms with Crippen LogP contribution < -0.4 is 5.32 Å². The lowest BCUT2D eigenvalue weighted by Crippen LogP contribution is -2.35. The molecule has 78 valence electrons. The molecule has 0 amide bonds. The SMILES string of the molecule is Cl.Fc1cc(F)c([C@H]2CCN2)cc1F. The van der Waals surface area contributed by atoms with E-state index in [1.807, 2.05) is 0 Å². The highest BCUT2D eigenvalue weighted by Gasteiger charge is 2.23.